The van der Waals surface area contributed by atoms with Gasteiger partial charge in [-0.2, -0.15) is 0 Å². The van der Waals surface area contributed by atoms with Crippen molar-refractivity contribution in [3.8, 4) is 0 Å². The molecule has 4 nitrogen and oxygen atoms in total. The largest absolute Gasteiger partial charge is 0.356 e. The summed E-state index contributed by atoms with van der Waals surface area (Å²) in [6.07, 6.45) is 1.03. The van der Waals surface area contributed by atoms with E-state index < -0.39 is 0 Å². The predicted molar refractivity (Wildman–Crippen MR) is 119 cm³/mol. The Morgan fingerprint density at radius 1 is 1.28 bits per heavy atom. The van der Waals surface area contributed by atoms with E-state index in [0.29, 0.717) is 0 Å². The highest BCUT2D eigenvalue weighted by atomic mass is 127. The van der Waals surface area contributed by atoms with Gasteiger partial charge in [0.15, 0.2) is 5.96 Å². The zero-order chi connectivity index (χ0) is 17.6. The third-order valence-electron chi connectivity index (χ3n) is 3.89. The monoisotopic (exact) mass is 472 g/mol. The van der Waals surface area contributed by atoms with Gasteiger partial charge in [-0.15, -0.1) is 35.3 Å². The Morgan fingerprint density at radius 3 is 2.52 bits per heavy atom. The number of rotatable bonds is 6. The fraction of sp³-hybridized carbons (Fsp3) is 0.474. The van der Waals surface area contributed by atoms with Crippen LogP contribution in [0.25, 0.3) is 0 Å². The maximum Gasteiger partial charge on any atom is 0.193 e. The van der Waals surface area contributed by atoms with Crippen LogP contribution in [0.3, 0.4) is 0 Å². The molecule has 6 heteroatoms. The number of aromatic nitrogens is 1. The van der Waals surface area contributed by atoms with Crippen molar-refractivity contribution in [2.24, 2.45) is 10.4 Å². The van der Waals surface area contributed by atoms with Crippen LogP contribution >= 0.6 is 35.3 Å². The molecule has 0 spiro atoms. The molecule has 0 aliphatic carbocycles. The molecule has 0 saturated heterocycles. The van der Waals surface area contributed by atoms with Gasteiger partial charge in [-0.3, -0.25) is 4.99 Å². The summed E-state index contributed by atoms with van der Waals surface area (Å²) in [7, 11) is 3.88. The van der Waals surface area contributed by atoms with E-state index in [0.717, 1.165) is 36.2 Å². The van der Waals surface area contributed by atoms with Crippen molar-refractivity contribution >= 4 is 41.3 Å². The van der Waals surface area contributed by atoms with Crippen LogP contribution in [0.4, 0.5) is 0 Å². The van der Waals surface area contributed by atoms with Gasteiger partial charge < -0.3 is 10.2 Å². The molecule has 0 radical (unpaired) electrons. The summed E-state index contributed by atoms with van der Waals surface area (Å²) in [5.41, 5.74) is 2.60. The number of hydrogen-bond acceptors (Lipinski definition) is 3. The summed E-state index contributed by atoms with van der Waals surface area (Å²) in [6.45, 7) is 8.24. The van der Waals surface area contributed by atoms with E-state index in [-0.39, 0.29) is 29.4 Å². The molecule has 1 heterocycles. The average molecular weight is 472 g/mol. The number of hydrogen-bond donors (Lipinski definition) is 1. The lowest BCUT2D eigenvalue weighted by Crippen LogP contribution is -2.43. The summed E-state index contributed by atoms with van der Waals surface area (Å²) in [5, 5.41) is 6.72. The smallest absolute Gasteiger partial charge is 0.193 e. The molecule has 0 aliphatic heterocycles. The summed E-state index contributed by atoms with van der Waals surface area (Å²) in [4.78, 5) is 11.1. The molecule has 0 aliphatic rings. The predicted octanol–water partition coefficient (Wildman–Crippen LogP) is 4.35. The molecule has 0 saturated carbocycles. The number of aryl methyl sites for hydroxylation is 1. The molecule has 0 bridgehead atoms. The van der Waals surface area contributed by atoms with Gasteiger partial charge in [0, 0.05) is 26.0 Å². The van der Waals surface area contributed by atoms with E-state index in [9.17, 15) is 0 Å². The molecule has 0 fully saturated rings. The maximum absolute atomic E-state index is 4.53. The highest BCUT2D eigenvalue weighted by Crippen LogP contribution is 2.21. The lowest BCUT2D eigenvalue weighted by Gasteiger charge is -2.29. The van der Waals surface area contributed by atoms with Crippen LogP contribution < -0.4 is 5.32 Å². The van der Waals surface area contributed by atoms with Crippen molar-refractivity contribution in [3.63, 3.8) is 0 Å². The number of benzene rings is 1. The minimum atomic E-state index is 0. The first-order valence-corrected chi connectivity index (χ1v) is 9.14. The van der Waals surface area contributed by atoms with Crippen LogP contribution in [0.5, 0.6) is 0 Å². The zero-order valence-electron chi connectivity index (χ0n) is 15.7. The first-order valence-electron chi connectivity index (χ1n) is 8.26. The molecule has 1 N–H and O–H groups in total. The molecule has 25 heavy (non-hydrogen) atoms. The van der Waals surface area contributed by atoms with Crippen molar-refractivity contribution in [1.82, 2.24) is 15.2 Å². The average Bonchev–Trinajstić information content (AvgIpc) is 2.93. The summed E-state index contributed by atoms with van der Waals surface area (Å²) < 4.78 is 0. The van der Waals surface area contributed by atoms with Crippen molar-refractivity contribution in [1.29, 1.82) is 0 Å². The van der Waals surface area contributed by atoms with Gasteiger partial charge in [-0.25, -0.2) is 4.98 Å². The van der Waals surface area contributed by atoms with E-state index in [1.807, 2.05) is 21.0 Å². The highest BCUT2D eigenvalue weighted by Gasteiger charge is 2.20. The van der Waals surface area contributed by atoms with E-state index in [1.54, 1.807) is 11.3 Å². The molecule has 0 amide bonds. The van der Waals surface area contributed by atoms with Gasteiger partial charge >= 0.3 is 0 Å². The number of aliphatic imine (C=N–C) groups is 1. The van der Waals surface area contributed by atoms with Crippen LogP contribution in [0.2, 0.25) is 0 Å². The van der Waals surface area contributed by atoms with Crippen molar-refractivity contribution < 1.29 is 0 Å². The van der Waals surface area contributed by atoms with Crippen molar-refractivity contribution in [3.05, 3.63) is 52.0 Å². The third kappa shape index (κ3) is 7.32. The molecule has 0 atom stereocenters. The molecule has 138 valence electrons. The summed E-state index contributed by atoms with van der Waals surface area (Å²) >= 11 is 1.69. The highest BCUT2D eigenvalue weighted by molar-refractivity contribution is 14.0. The quantitative estimate of drug-likeness (QED) is 0.386. The third-order valence-corrected chi connectivity index (χ3v) is 4.71. The fourth-order valence-corrected chi connectivity index (χ4v) is 3.32. The topological polar surface area (TPSA) is 40.5 Å². The molecule has 2 aromatic rings. The number of nitrogens with one attached hydrogen (secondary N) is 1. The Morgan fingerprint density at radius 2 is 1.96 bits per heavy atom. The van der Waals surface area contributed by atoms with Crippen molar-refractivity contribution in [2.75, 3.05) is 20.6 Å². The summed E-state index contributed by atoms with van der Waals surface area (Å²) in [5.74, 6) is 0.904. The Bertz CT molecular complexity index is 667. The minimum absolute atomic E-state index is 0. The van der Waals surface area contributed by atoms with Crippen LogP contribution in [-0.2, 0) is 13.0 Å². The first-order chi connectivity index (χ1) is 11.4. The van der Waals surface area contributed by atoms with Gasteiger partial charge in [0.2, 0.25) is 0 Å². The second-order valence-corrected chi connectivity index (χ2v) is 8.00. The molecule has 0 unspecified atom stereocenters. The van der Waals surface area contributed by atoms with Gasteiger partial charge in [-0.05, 0) is 24.3 Å². The first kappa shape index (κ1) is 21.9. The van der Waals surface area contributed by atoms with Gasteiger partial charge in [-0.1, -0.05) is 44.2 Å². The van der Waals surface area contributed by atoms with Gasteiger partial charge in [0.05, 0.1) is 17.2 Å². The molecule has 1 aromatic carbocycles. The van der Waals surface area contributed by atoms with E-state index >= 15 is 0 Å². The number of thiazole rings is 1. The SMILES string of the molecule is CN=C(NCC(C)(C)Cc1ccccc1)N(C)Cc1csc(C)n1.I. The number of nitrogens with zero attached hydrogens (tertiary/aromatic N) is 3. The lowest BCUT2D eigenvalue weighted by molar-refractivity contribution is 0.349. The standard InChI is InChI=1S/C19H28N4S.HI/c1-15-22-17(13-24-15)12-23(5)18(20-4)21-14-19(2,3)11-16-9-7-6-8-10-16;/h6-10,13H,11-12,14H2,1-5H3,(H,20,21);1H. The molecule has 2 rings (SSSR count). The van der Waals surface area contributed by atoms with Gasteiger partial charge in [0.25, 0.3) is 0 Å². The van der Waals surface area contributed by atoms with Crippen LogP contribution in [0.1, 0.15) is 30.1 Å². The molecular weight excluding hydrogens is 443 g/mol. The minimum Gasteiger partial charge on any atom is -0.356 e. The Labute approximate surface area is 172 Å². The van der Waals surface area contributed by atoms with Crippen LogP contribution in [-0.4, -0.2) is 36.5 Å². The Hall–Kier alpha value is -1.15. The fourth-order valence-electron chi connectivity index (χ4n) is 2.71. The number of guanidine groups is 1. The van der Waals surface area contributed by atoms with Crippen molar-refractivity contribution in [2.45, 2.75) is 33.7 Å². The van der Waals surface area contributed by atoms with E-state index in [1.165, 1.54) is 5.56 Å². The second-order valence-electron chi connectivity index (χ2n) is 6.94. The normalized spacial score (nSPS) is 11.8. The zero-order valence-corrected chi connectivity index (χ0v) is 18.9. The van der Waals surface area contributed by atoms with E-state index in [4.69, 9.17) is 0 Å². The van der Waals surface area contributed by atoms with Crippen LogP contribution in [0.15, 0.2) is 40.7 Å². The Balaban J connectivity index is 0.00000312. The van der Waals surface area contributed by atoms with Crippen LogP contribution in [0, 0.1) is 12.3 Å². The van der Waals surface area contributed by atoms with E-state index in [2.05, 4.69) is 69.8 Å². The Kier molecular flexibility index (Phi) is 8.85. The second kappa shape index (κ2) is 10.1. The summed E-state index contributed by atoms with van der Waals surface area (Å²) in [6, 6.07) is 10.6. The number of halogens is 1. The maximum atomic E-state index is 4.53. The molecule has 1 aromatic heterocycles. The molecular formula is C19H29IN4S. The van der Waals surface area contributed by atoms with Gasteiger partial charge in [0.1, 0.15) is 0 Å². The lowest BCUT2D eigenvalue weighted by atomic mass is 9.86.